The van der Waals surface area contributed by atoms with Crippen LogP contribution in [-0.2, 0) is 13.2 Å². The van der Waals surface area contributed by atoms with E-state index in [2.05, 4.69) is 10.3 Å². The van der Waals surface area contributed by atoms with Gasteiger partial charge in [-0.25, -0.2) is 9.07 Å². The minimum Gasteiger partial charge on any atom is -0.392 e. The van der Waals surface area contributed by atoms with Crippen molar-refractivity contribution in [1.82, 2.24) is 15.0 Å². The van der Waals surface area contributed by atoms with Crippen LogP contribution in [0.3, 0.4) is 0 Å². The van der Waals surface area contributed by atoms with Crippen molar-refractivity contribution in [2.75, 3.05) is 0 Å². The summed E-state index contributed by atoms with van der Waals surface area (Å²) < 4.78 is 16.1. The van der Waals surface area contributed by atoms with Crippen LogP contribution >= 0.6 is 11.6 Å². The van der Waals surface area contributed by atoms with Gasteiger partial charge in [-0.15, -0.1) is 5.10 Å². The molecule has 118 valence electrons. The lowest BCUT2D eigenvalue weighted by atomic mass is 10.0. The molecule has 1 aromatic heterocycles. The molecule has 1 N–H and O–H groups in total. The highest BCUT2D eigenvalue weighted by molar-refractivity contribution is 6.37. The SMILES string of the molecule is OCc1ccc(-c2ccc3c(nnn3CC3CC3)c2Cl)c(F)c1. The Morgan fingerprint density at radius 3 is 2.70 bits per heavy atom. The Bertz CT molecular complexity index is 889. The molecule has 6 heteroatoms. The summed E-state index contributed by atoms with van der Waals surface area (Å²) in [5.74, 6) is 0.269. The molecule has 1 aliphatic carbocycles. The van der Waals surface area contributed by atoms with Crippen LogP contribution in [0.5, 0.6) is 0 Å². The van der Waals surface area contributed by atoms with E-state index in [1.807, 2.05) is 10.7 Å². The van der Waals surface area contributed by atoms with Gasteiger partial charge in [0.15, 0.2) is 0 Å². The second-order valence-corrected chi connectivity index (χ2v) is 6.36. The normalized spacial score (nSPS) is 14.6. The number of nitrogens with zero attached hydrogens (tertiary/aromatic N) is 3. The fourth-order valence-corrected chi connectivity index (χ4v) is 3.07. The number of hydrogen-bond donors (Lipinski definition) is 1. The summed E-state index contributed by atoms with van der Waals surface area (Å²) in [6, 6.07) is 8.32. The van der Waals surface area contributed by atoms with Crippen molar-refractivity contribution in [2.24, 2.45) is 5.92 Å². The van der Waals surface area contributed by atoms with Gasteiger partial charge < -0.3 is 5.11 Å². The molecule has 0 saturated heterocycles. The molecular formula is C17H15ClFN3O. The van der Waals surface area contributed by atoms with Gasteiger partial charge in [-0.1, -0.05) is 35.0 Å². The molecule has 4 rings (SSSR count). The molecular weight excluding hydrogens is 317 g/mol. The standard InChI is InChI=1S/C17H15ClFN3O/c18-16-13(12-4-3-11(9-23)7-14(12)19)5-6-15-17(16)20-21-22(15)8-10-1-2-10/h3-7,10,23H,1-2,8-9H2. The zero-order valence-corrected chi connectivity index (χ0v) is 13.1. The maximum Gasteiger partial charge on any atom is 0.132 e. The smallest absolute Gasteiger partial charge is 0.132 e. The Balaban J connectivity index is 1.80. The van der Waals surface area contributed by atoms with Gasteiger partial charge in [0.25, 0.3) is 0 Å². The van der Waals surface area contributed by atoms with Crippen LogP contribution in [0.25, 0.3) is 22.2 Å². The number of hydrogen-bond acceptors (Lipinski definition) is 3. The van der Waals surface area contributed by atoms with Gasteiger partial charge in [0.2, 0.25) is 0 Å². The lowest BCUT2D eigenvalue weighted by molar-refractivity contribution is 0.281. The number of benzene rings is 2. The Morgan fingerprint density at radius 1 is 1.22 bits per heavy atom. The van der Waals surface area contributed by atoms with Gasteiger partial charge in [0.1, 0.15) is 11.3 Å². The molecule has 1 fully saturated rings. The van der Waals surface area contributed by atoms with E-state index in [1.165, 1.54) is 18.9 Å². The van der Waals surface area contributed by atoms with E-state index in [0.29, 0.717) is 33.1 Å². The molecule has 0 atom stereocenters. The van der Waals surface area contributed by atoms with Gasteiger partial charge in [0, 0.05) is 17.7 Å². The Morgan fingerprint density at radius 2 is 2.00 bits per heavy atom. The zero-order chi connectivity index (χ0) is 16.0. The molecule has 2 aromatic carbocycles. The molecule has 0 unspecified atom stereocenters. The van der Waals surface area contributed by atoms with E-state index in [-0.39, 0.29) is 6.61 Å². The third-order valence-electron chi connectivity index (χ3n) is 4.26. The largest absolute Gasteiger partial charge is 0.392 e. The van der Waals surface area contributed by atoms with E-state index in [0.717, 1.165) is 12.1 Å². The van der Waals surface area contributed by atoms with Crippen molar-refractivity contribution in [3.8, 4) is 11.1 Å². The topological polar surface area (TPSA) is 50.9 Å². The van der Waals surface area contributed by atoms with Gasteiger partial charge in [-0.05, 0) is 36.5 Å². The predicted molar refractivity (Wildman–Crippen MR) is 86.6 cm³/mol. The zero-order valence-electron chi connectivity index (χ0n) is 12.3. The summed E-state index contributed by atoms with van der Waals surface area (Å²) in [7, 11) is 0. The molecule has 1 aliphatic rings. The Kier molecular flexibility index (Phi) is 3.54. The quantitative estimate of drug-likeness (QED) is 0.791. The summed E-state index contributed by atoms with van der Waals surface area (Å²) in [6.07, 6.45) is 2.46. The highest BCUT2D eigenvalue weighted by atomic mass is 35.5. The average Bonchev–Trinajstić information content (AvgIpc) is 3.27. The second-order valence-electron chi connectivity index (χ2n) is 5.98. The van der Waals surface area contributed by atoms with Crippen molar-refractivity contribution in [2.45, 2.75) is 26.0 Å². The van der Waals surface area contributed by atoms with E-state index in [4.69, 9.17) is 16.7 Å². The highest BCUT2D eigenvalue weighted by Gasteiger charge is 2.24. The molecule has 0 radical (unpaired) electrons. The lowest BCUT2D eigenvalue weighted by Gasteiger charge is -2.08. The van der Waals surface area contributed by atoms with Crippen LogP contribution in [0.4, 0.5) is 4.39 Å². The second kappa shape index (κ2) is 5.58. The number of halogens is 2. The predicted octanol–water partition coefficient (Wildman–Crippen LogP) is 3.79. The Hall–Kier alpha value is -1.98. The molecule has 0 bridgehead atoms. The molecule has 1 heterocycles. The summed E-state index contributed by atoms with van der Waals surface area (Å²) in [4.78, 5) is 0. The molecule has 1 saturated carbocycles. The summed E-state index contributed by atoms with van der Waals surface area (Å²) in [6.45, 7) is 0.658. The number of rotatable bonds is 4. The maximum atomic E-state index is 14.3. The summed E-state index contributed by atoms with van der Waals surface area (Å²) in [5, 5.41) is 17.8. The van der Waals surface area contributed by atoms with E-state index in [9.17, 15) is 4.39 Å². The lowest BCUT2D eigenvalue weighted by Crippen LogP contribution is -2.01. The molecule has 4 nitrogen and oxygen atoms in total. The number of fused-ring (bicyclic) bond motifs is 1. The molecule has 0 aliphatic heterocycles. The van der Waals surface area contributed by atoms with Crippen LogP contribution in [0.1, 0.15) is 18.4 Å². The van der Waals surface area contributed by atoms with Gasteiger partial charge in [-0.2, -0.15) is 0 Å². The van der Waals surface area contributed by atoms with Crippen molar-refractivity contribution >= 4 is 22.6 Å². The van der Waals surface area contributed by atoms with Gasteiger partial charge in [0.05, 0.1) is 17.1 Å². The summed E-state index contributed by atoms with van der Waals surface area (Å²) >= 11 is 6.46. The maximum absolute atomic E-state index is 14.3. The number of aliphatic hydroxyl groups is 1. The monoisotopic (exact) mass is 331 g/mol. The highest BCUT2D eigenvalue weighted by Crippen LogP contribution is 2.36. The third-order valence-corrected chi connectivity index (χ3v) is 4.64. The van der Waals surface area contributed by atoms with Crippen LogP contribution in [-0.4, -0.2) is 20.1 Å². The molecule has 3 aromatic rings. The van der Waals surface area contributed by atoms with Crippen LogP contribution in [0, 0.1) is 11.7 Å². The van der Waals surface area contributed by atoms with Gasteiger partial charge >= 0.3 is 0 Å². The van der Waals surface area contributed by atoms with Crippen molar-refractivity contribution < 1.29 is 9.50 Å². The minimum atomic E-state index is -0.414. The first-order valence-corrected chi connectivity index (χ1v) is 7.96. The van der Waals surface area contributed by atoms with Crippen molar-refractivity contribution in [1.29, 1.82) is 0 Å². The first-order valence-electron chi connectivity index (χ1n) is 7.58. The van der Waals surface area contributed by atoms with Gasteiger partial charge in [-0.3, -0.25) is 0 Å². The molecule has 0 amide bonds. The Labute approximate surface area is 137 Å². The molecule has 23 heavy (non-hydrogen) atoms. The van der Waals surface area contributed by atoms with Crippen LogP contribution in [0.15, 0.2) is 30.3 Å². The van der Waals surface area contributed by atoms with E-state index < -0.39 is 5.82 Å². The van der Waals surface area contributed by atoms with E-state index in [1.54, 1.807) is 18.2 Å². The fraction of sp³-hybridized carbons (Fsp3) is 0.294. The minimum absolute atomic E-state index is 0.195. The van der Waals surface area contributed by atoms with Crippen LogP contribution < -0.4 is 0 Å². The van der Waals surface area contributed by atoms with Crippen molar-refractivity contribution in [3.05, 3.63) is 46.7 Å². The van der Waals surface area contributed by atoms with Crippen molar-refractivity contribution in [3.63, 3.8) is 0 Å². The first-order chi connectivity index (χ1) is 11.2. The fourth-order valence-electron chi connectivity index (χ4n) is 2.77. The number of aliphatic hydroxyl groups excluding tert-OH is 1. The first kappa shape index (κ1) is 14.6. The number of aromatic nitrogens is 3. The van der Waals surface area contributed by atoms with E-state index >= 15 is 0 Å². The summed E-state index contributed by atoms with van der Waals surface area (Å²) in [5.41, 5.74) is 2.97. The third kappa shape index (κ3) is 2.60. The van der Waals surface area contributed by atoms with Crippen LogP contribution in [0.2, 0.25) is 5.02 Å². The molecule has 0 spiro atoms. The average molecular weight is 332 g/mol.